The van der Waals surface area contributed by atoms with Crippen molar-refractivity contribution in [1.29, 1.82) is 0 Å². The van der Waals surface area contributed by atoms with E-state index in [0.29, 0.717) is 6.04 Å². The minimum Gasteiger partial charge on any atom is -0.481 e. The molecule has 0 radical (unpaired) electrons. The Kier molecular flexibility index (Phi) is 3.48. The molecule has 0 amide bonds. The third-order valence-corrected chi connectivity index (χ3v) is 4.20. The molecule has 18 heavy (non-hydrogen) atoms. The molecule has 2 aliphatic heterocycles. The van der Waals surface area contributed by atoms with Gasteiger partial charge in [0.25, 0.3) is 0 Å². The second kappa shape index (κ2) is 5.24. The lowest BCUT2D eigenvalue weighted by Crippen LogP contribution is -2.38. The van der Waals surface area contributed by atoms with Crippen LogP contribution in [-0.2, 0) is 6.54 Å². The highest BCUT2D eigenvalue weighted by atomic mass is 16.5. The lowest BCUT2D eigenvalue weighted by molar-refractivity contribution is 0.297. The first-order chi connectivity index (χ1) is 8.88. The number of hydrogen-bond donors (Lipinski definition) is 1. The fourth-order valence-corrected chi connectivity index (χ4v) is 3.30. The van der Waals surface area contributed by atoms with E-state index in [1.165, 1.54) is 32.4 Å². The Morgan fingerprint density at radius 1 is 1.44 bits per heavy atom. The van der Waals surface area contributed by atoms with Crippen molar-refractivity contribution < 1.29 is 4.74 Å². The number of aromatic nitrogens is 1. The molecule has 2 atom stereocenters. The SMILES string of the molecule is COc1ncccc1CNC1CCN2CCCC12. The van der Waals surface area contributed by atoms with Gasteiger partial charge in [-0.05, 0) is 31.9 Å². The van der Waals surface area contributed by atoms with Crippen molar-refractivity contribution in [2.45, 2.75) is 37.9 Å². The van der Waals surface area contributed by atoms with Crippen molar-refractivity contribution >= 4 is 0 Å². The van der Waals surface area contributed by atoms with E-state index in [1.54, 1.807) is 13.3 Å². The molecule has 1 N–H and O–H groups in total. The van der Waals surface area contributed by atoms with Crippen LogP contribution < -0.4 is 10.1 Å². The summed E-state index contributed by atoms with van der Waals surface area (Å²) in [7, 11) is 1.68. The maximum atomic E-state index is 5.29. The zero-order valence-electron chi connectivity index (χ0n) is 10.9. The Bertz CT molecular complexity index is 410. The van der Waals surface area contributed by atoms with E-state index < -0.39 is 0 Å². The summed E-state index contributed by atoms with van der Waals surface area (Å²) in [5.74, 6) is 0.742. The second-order valence-corrected chi connectivity index (χ2v) is 5.19. The number of hydrogen-bond acceptors (Lipinski definition) is 4. The van der Waals surface area contributed by atoms with Gasteiger partial charge in [0, 0.05) is 36.9 Å². The predicted octanol–water partition coefficient (Wildman–Crippen LogP) is 1.42. The predicted molar refractivity (Wildman–Crippen MR) is 70.6 cm³/mol. The van der Waals surface area contributed by atoms with Crippen molar-refractivity contribution in [3.63, 3.8) is 0 Å². The van der Waals surface area contributed by atoms with E-state index in [1.807, 2.05) is 6.07 Å². The minimum absolute atomic E-state index is 0.636. The number of nitrogens with one attached hydrogen (secondary N) is 1. The molecule has 4 heteroatoms. The summed E-state index contributed by atoms with van der Waals surface area (Å²) >= 11 is 0. The molecular weight excluding hydrogens is 226 g/mol. The summed E-state index contributed by atoms with van der Waals surface area (Å²) in [5, 5.41) is 3.68. The van der Waals surface area contributed by atoms with E-state index in [-0.39, 0.29) is 0 Å². The van der Waals surface area contributed by atoms with Gasteiger partial charge in [-0.1, -0.05) is 6.07 Å². The summed E-state index contributed by atoms with van der Waals surface area (Å²) in [6, 6.07) is 5.45. The average molecular weight is 247 g/mol. The molecule has 0 spiro atoms. The van der Waals surface area contributed by atoms with Gasteiger partial charge in [0.2, 0.25) is 5.88 Å². The first-order valence-electron chi connectivity index (χ1n) is 6.84. The maximum absolute atomic E-state index is 5.29. The van der Waals surface area contributed by atoms with Gasteiger partial charge in [0.05, 0.1) is 7.11 Å². The lowest BCUT2D eigenvalue weighted by atomic mass is 10.1. The normalized spacial score (nSPS) is 27.4. The molecule has 1 aromatic rings. The Hall–Kier alpha value is -1.13. The summed E-state index contributed by atoms with van der Waals surface area (Å²) in [5.41, 5.74) is 1.15. The highest BCUT2D eigenvalue weighted by molar-refractivity contribution is 5.25. The van der Waals surface area contributed by atoms with Gasteiger partial charge in [-0.2, -0.15) is 0 Å². The van der Waals surface area contributed by atoms with Gasteiger partial charge in [-0.3, -0.25) is 4.90 Å². The van der Waals surface area contributed by atoms with Gasteiger partial charge >= 0.3 is 0 Å². The van der Waals surface area contributed by atoms with E-state index in [0.717, 1.165) is 24.0 Å². The Labute approximate surface area is 108 Å². The Morgan fingerprint density at radius 2 is 2.39 bits per heavy atom. The molecule has 4 nitrogen and oxygen atoms in total. The molecule has 0 aromatic carbocycles. The Balaban J connectivity index is 1.61. The number of fused-ring (bicyclic) bond motifs is 1. The van der Waals surface area contributed by atoms with Crippen LogP contribution in [0.3, 0.4) is 0 Å². The number of nitrogens with zero attached hydrogens (tertiary/aromatic N) is 2. The average Bonchev–Trinajstić information content (AvgIpc) is 3.00. The van der Waals surface area contributed by atoms with Crippen LogP contribution in [0.15, 0.2) is 18.3 Å². The van der Waals surface area contributed by atoms with Crippen LogP contribution in [-0.4, -0.2) is 42.2 Å². The highest BCUT2D eigenvalue weighted by Crippen LogP contribution is 2.28. The van der Waals surface area contributed by atoms with E-state index in [9.17, 15) is 0 Å². The van der Waals surface area contributed by atoms with Crippen molar-refractivity contribution in [2.24, 2.45) is 0 Å². The van der Waals surface area contributed by atoms with Crippen LogP contribution in [0.4, 0.5) is 0 Å². The minimum atomic E-state index is 0.636. The number of ether oxygens (including phenoxy) is 1. The van der Waals surface area contributed by atoms with Crippen LogP contribution in [0.5, 0.6) is 5.88 Å². The molecular formula is C14H21N3O. The zero-order valence-corrected chi connectivity index (χ0v) is 10.9. The van der Waals surface area contributed by atoms with Crippen LogP contribution in [0.25, 0.3) is 0 Å². The molecule has 1 aromatic heterocycles. The topological polar surface area (TPSA) is 37.4 Å². The van der Waals surface area contributed by atoms with Gasteiger partial charge in [0.15, 0.2) is 0 Å². The molecule has 98 valence electrons. The van der Waals surface area contributed by atoms with Crippen LogP contribution in [0.2, 0.25) is 0 Å². The zero-order chi connectivity index (χ0) is 12.4. The van der Waals surface area contributed by atoms with Gasteiger partial charge < -0.3 is 10.1 Å². The lowest BCUT2D eigenvalue weighted by Gasteiger charge is -2.21. The van der Waals surface area contributed by atoms with Crippen molar-refractivity contribution in [2.75, 3.05) is 20.2 Å². The molecule has 2 aliphatic rings. The molecule has 0 bridgehead atoms. The first-order valence-corrected chi connectivity index (χ1v) is 6.84. The quantitative estimate of drug-likeness (QED) is 0.873. The maximum Gasteiger partial charge on any atom is 0.217 e. The molecule has 2 fully saturated rings. The molecule has 0 aliphatic carbocycles. The van der Waals surface area contributed by atoms with Gasteiger partial charge in [-0.15, -0.1) is 0 Å². The highest BCUT2D eigenvalue weighted by Gasteiger charge is 2.36. The monoisotopic (exact) mass is 247 g/mol. The summed E-state index contributed by atoms with van der Waals surface area (Å²) in [4.78, 5) is 6.86. The third-order valence-electron chi connectivity index (χ3n) is 4.20. The van der Waals surface area contributed by atoms with Gasteiger partial charge in [0.1, 0.15) is 0 Å². The number of methoxy groups -OCH3 is 1. The van der Waals surface area contributed by atoms with Crippen molar-refractivity contribution in [3.8, 4) is 5.88 Å². The van der Waals surface area contributed by atoms with Crippen LogP contribution >= 0.6 is 0 Å². The molecule has 3 rings (SSSR count). The molecule has 3 heterocycles. The summed E-state index contributed by atoms with van der Waals surface area (Å²) < 4.78 is 5.29. The smallest absolute Gasteiger partial charge is 0.217 e. The second-order valence-electron chi connectivity index (χ2n) is 5.19. The fraction of sp³-hybridized carbons (Fsp3) is 0.643. The van der Waals surface area contributed by atoms with Crippen LogP contribution in [0.1, 0.15) is 24.8 Å². The van der Waals surface area contributed by atoms with E-state index >= 15 is 0 Å². The fourth-order valence-electron chi connectivity index (χ4n) is 3.30. The van der Waals surface area contributed by atoms with Crippen molar-refractivity contribution in [1.82, 2.24) is 15.2 Å². The number of rotatable bonds is 4. The van der Waals surface area contributed by atoms with E-state index in [2.05, 4.69) is 21.3 Å². The summed E-state index contributed by atoms with van der Waals surface area (Å²) in [6.07, 6.45) is 5.75. The van der Waals surface area contributed by atoms with Gasteiger partial charge in [-0.25, -0.2) is 4.98 Å². The first kappa shape index (κ1) is 11.9. The Morgan fingerprint density at radius 3 is 3.28 bits per heavy atom. The third kappa shape index (κ3) is 2.22. The van der Waals surface area contributed by atoms with Crippen LogP contribution in [0, 0.1) is 0 Å². The standard InChI is InChI=1S/C14H21N3O/c1-18-14-11(4-2-7-15-14)10-16-12-6-9-17-8-3-5-13(12)17/h2,4,7,12-13,16H,3,5-6,8-10H2,1H3. The molecule has 2 saturated heterocycles. The largest absolute Gasteiger partial charge is 0.481 e. The molecule has 0 saturated carbocycles. The number of pyridine rings is 1. The molecule has 2 unspecified atom stereocenters. The van der Waals surface area contributed by atoms with Crippen molar-refractivity contribution in [3.05, 3.63) is 23.9 Å². The van der Waals surface area contributed by atoms with E-state index in [4.69, 9.17) is 4.74 Å². The summed E-state index contributed by atoms with van der Waals surface area (Å²) in [6.45, 7) is 3.40.